The van der Waals surface area contributed by atoms with E-state index in [2.05, 4.69) is 0 Å². The van der Waals surface area contributed by atoms with Gasteiger partial charge in [-0.1, -0.05) is 0 Å². The van der Waals surface area contributed by atoms with Gasteiger partial charge in [-0.15, -0.1) is 11.6 Å². The monoisotopic (exact) mass is 166 g/mol. The van der Waals surface area contributed by atoms with Crippen molar-refractivity contribution in [3.63, 3.8) is 0 Å². The SMILES string of the molecule is COC(C)(C)OC(=O)CCl. The quantitative estimate of drug-likeness (QED) is 0.359. The summed E-state index contributed by atoms with van der Waals surface area (Å²) in [6.45, 7) is 3.27. The maximum absolute atomic E-state index is 10.6. The largest absolute Gasteiger partial charge is 0.433 e. The highest BCUT2D eigenvalue weighted by atomic mass is 35.5. The molecule has 0 radical (unpaired) electrons. The summed E-state index contributed by atoms with van der Waals surface area (Å²) in [5, 5.41) is 0. The fourth-order valence-electron chi connectivity index (χ4n) is 0.343. The molecule has 0 bridgehead atoms. The van der Waals surface area contributed by atoms with E-state index in [1.165, 1.54) is 7.11 Å². The highest BCUT2D eigenvalue weighted by molar-refractivity contribution is 6.26. The van der Waals surface area contributed by atoms with Gasteiger partial charge in [0.05, 0.1) is 0 Å². The van der Waals surface area contributed by atoms with Crippen LogP contribution in [0.5, 0.6) is 0 Å². The summed E-state index contributed by atoms with van der Waals surface area (Å²) in [6, 6.07) is 0. The number of hydrogen-bond acceptors (Lipinski definition) is 3. The van der Waals surface area contributed by atoms with E-state index in [-0.39, 0.29) is 5.88 Å². The maximum Gasteiger partial charge on any atom is 0.323 e. The number of hydrogen-bond donors (Lipinski definition) is 0. The highest BCUT2D eigenvalue weighted by Gasteiger charge is 2.20. The van der Waals surface area contributed by atoms with Gasteiger partial charge in [-0.25, -0.2) is 0 Å². The number of carbonyl (C=O) groups is 1. The number of carbonyl (C=O) groups excluding carboxylic acids is 1. The molecule has 0 aromatic heterocycles. The van der Waals surface area contributed by atoms with E-state index >= 15 is 0 Å². The van der Waals surface area contributed by atoms with Gasteiger partial charge in [0.1, 0.15) is 5.88 Å². The molecule has 0 aromatic rings. The van der Waals surface area contributed by atoms with Crippen LogP contribution in [0.3, 0.4) is 0 Å². The number of rotatable bonds is 3. The van der Waals surface area contributed by atoms with Gasteiger partial charge in [0.2, 0.25) is 5.79 Å². The normalized spacial score (nSPS) is 11.2. The minimum absolute atomic E-state index is 0.146. The third-order valence-corrected chi connectivity index (χ3v) is 1.18. The number of ether oxygens (including phenoxy) is 2. The van der Waals surface area contributed by atoms with Gasteiger partial charge in [0, 0.05) is 21.0 Å². The van der Waals surface area contributed by atoms with Crippen molar-refractivity contribution in [1.29, 1.82) is 0 Å². The lowest BCUT2D eigenvalue weighted by Crippen LogP contribution is -2.30. The Kier molecular flexibility index (Phi) is 3.68. The molecule has 0 spiro atoms. The molecule has 0 aliphatic rings. The molecule has 0 saturated heterocycles. The van der Waals surface area contributed by atoms with Crippen LogP contribution in [0.2, 0.25) is 0 Å². The second-order valence-corrected chi connectivity index (χ2v) is 2.48. The summed E-state index contributed by atoms with van der Waals surface area (Å²) in [5.41, 5.74) is 0. The first-order chi connectivity index (χ1) is 4.52. The first-order valence-corrected chi connectivity index (χ1v) is 3.38. The van der Waals surface area contributed by atoms with Crippen LogP contribution >= 0.6 is 11.6 Å². The third-order valence-electron chi connectivity index (χ3n) is 0.960. The summed E-state index contributed by atoms with van der Waals surface area (Å²) < 4.78 is 9.55. The van der Waals surface area contributed by atoms with Crippen LogP contribution in [0.25, 0.3) is 0 Å². The van der Waals surface area contributed by atoms with Crippen LogP contribution in [0, 0.1) is 0 Å². The first kappa shape index (κ1) is 9.72. The summed E-state index contributed by atoms with van der Waals surface area (Å²) in [7, 11) is 1.46. The molecule has 0 amide bonds. The van der Waals surface area contributed by atoms with Gasteiger partial charge in [-0.05, 0) is 0 Å². The molecule has 0 aromatic carbocycles. The Morgan fingerprint density at radius 2 is 2.10 bits per heavy atom. The van der Waals surface area contributed by atoms with Crippen molar-refractivity contribution in [3.05, 3.63) is 0 Å². The van der Waals surface area contributed by atoms with E-state index in [0.717, 1.165) is 0 Å². The Morgan fingerprint density at radius 1 is 1.60 bits per heavy atom. The summed E-state index contributed by atoms with van der Waals surface area (Å²) >= 11 is 5.18. The van der Waals surface area contributed by atoms with E-state index in [1.54, 1.807) is 13.8 Å². The average Bonchev–Trinajstić information content (AvgIpc) is 1.87. The van der Waals surface area contributed by atoms with Crippen molar-refractivity contribution in [2.24, 2.45) is 0 Å². The van der Waals surface area contributed by atoms with Crippen LogP contribution in [-0.4, -0.2) is 24.7 Å². The molecule has 0 rings (SSSR count). The number of esters is 1. The van der Waals surface area contributed by atoms with E-state index < -0.39 is 11.8 Å². The molecule has 0 aliphatic heterocycles. The number of halogens is 1. The zero-order chi connectivity index (χ0) is 8.20. The predicted octanol–water partition coefficient (Wildman–Crippen LogP) is 1.15. The van der Waals surface area contributed by atoms with Crippen LogP contribution in [0.1, 0.15) is 13.8 Å². The Bertz CT molecular complexity index is 122. The molecule has 60 valence electrons. The molecule has 3 nitrogen and oxygen atoms in total. The maximum atomic E-state index is 10.6. The third kappa shape index (κ3) is 3.69. The molecule has 10 heavy (non-hydrogen) atoms. The van der Waals surface area contributed by atoms with Crippen LogP contribution in [0.4, 0.5) is 0 Å². The van der Waals surface area contributed by atoms with Gasteiger partial charge in [0.25, 0.3) is 0 Å². The summed E-state index contributed by atoms with van der Waals surface area (Å²) in [4.78, 5) is 10.6. The van der Waals surface area contributed by atoms with E-state index in [9.17, 15) is 4.79 Å². The van der Waals surface area contributed by atoms with Crippen molar-refractivity contribution < 1.29 is 14.3 Å². The molecular formula is C6H11ClO3. The zero-order valence-corrected chi connectivity index (χ0v) is 7.07. The first-order valence-electron chi connectivity index (χ1n) is 2.85. The van der Waals surface area contributed by atoms with Gasteiger partial charge in [-0.3, -0.25) is 4.79 Å². The minimum Gasteiger partial charge on any atom is -0.433 e. The Labute approximate surface area is 65.3 Å². The second kappa shape index (κ2) is 3.78. The van der Waals surface area contributed by atoms with Crippen LogP contribution in [0.15, 0.2) is 0 Å². The van der Waals surface area contributed by atoms with Gasteiger partial charge in [-0.2, -0.15) is 0 Å². The topological polar surface area (TPSA) is 35.5 Å². The highest BCUT2D eigenvalue weighted by Crippen LogP contribution is 2.09. The fraction of sp³-hybridized carbons (Fsp3) is 0.833. The molecule has 0 aliphatic carbocycles. The Balaban J connectivity index is 3.76. The molecule has 4 heteroatoms. The van der Waals surface area contributed by atoms with Crippen LogP contribution in [-0.2, 0) is 14.3 Å². The molecule has 0 heterocycles. The van der Waals surface area contributed by atoms with E-state index in [4.69, 9.17) is 21.1 Å². The zero-order valence-electron chi connectivity index (χ0n) is 6.31. The summed E-state index contributed by atoms with van der Waals surface area (Å²) in [6.07, 6.45) is 0. The predicted molar refractivity (Wildman–Crippen MR) is 37.9 cm³/mol. The smallest absolute Gasteiger partial charge is 0.323 e. The molecule has 0 unspecified atom stereocenters. The molecular weight excluding hydrogens is 156 g/mol. The van der Waals surface area contributed by atoms with Gasteiger partial charge < -0.3 is 9.47 Å². The van der Waals surface area contributed by atoms with Gasteiger partial charge >= 0.3 is 5.97 Å². The van der Waals surface area contributed by atoms with Crippen molar-refractivity contribution in [2.45, 2.75) is 19.6 Å². The van der Waals surface area contributed by atoms with E-state index in [1.807, 2.05) is 0 Å². The summed E-state index contributed by atoms with van der Waals surface area (Å²) in [5.74, 6) is -1.49. The molecule has 0 saturated carbocycles. The molecule has 0 fully saturated rings. The van der Waals surface area contributed by atoms with E-state index in [0.29, 0.717) is 0 Å². The number of alkyl halides is 1. The van der Waals surface area contributed by atoms with Crippen molar-refractivity contribution in [1.82, 2.24) is 0 Å². The average molecular weight is 167 g/mol. The van der Waals surface area contributed by atoms with Crippen molar-refractivity contribution in [2.75, 3.05) is 13.0 Å². The number of methoxy groups -OCH3 is 1. The fourth-order valence-corrected chi connectivity index (χ4v) is 0.398. The molecule has 0 N–H and O–H groups in total. The lowest BCUT2D eigenvalue weighted by Gasteiger charge is -2.22. The molecule has 0 atom stereocenters. The Morgan fingerprint density at radius 3 is 2.40 bits per heavy atom. The Hall–Kier alpha value is -0.280. The second-order valence-electron chi connectivity index (χ2n) is 2.21. The van der Waals surface area contributed by atoms with Crippen molar-refractivity contribution in [3.8, 4) is 0 Å². The van der Waals surface area contributed by atoms with Crippen LogP contribution < -0.4 is 0 Å². The standard InChI is InChI=1S/C6H11ClO3/c1-6(2,9-3)10-5(8)4-7/h4H2,1-3H3. The van der Waals surface area contributed by atoms with Gasteiger partial charge in [0.15, 0.2) is 0 Å². The lowest BCUT2D eigenvalue weighted by molar-refractivity contribution is -0.203. The minimum atomic E-state index is -0.869. The lowest BCUT2D eigenvalue weighted by atomic mass is 10.4. The van der Waals surface area contributed by atoms with Crippen molar-refractivity contribution >= 4 is 17.6 Å².